The van der Waals surface area contributed by atoms with Crippen LogP contribution in [0.4, 0.5) is 0 Å². The Hall–Kier alpha value is -0.120. The van der Waals surface area contributed by atoms with Crippen molar-refractivity contribution in [2.45, 2.75) is 63.1 Å². The fraction of sp³-hybridized carbons (Fsp3) is 1.00. The highest BCUT2D eigenvalue weighted by Crippen LogP contribution is 2.43. The maximum absolute atomic E-state index is 10.6. The van der Waals surface area contributed by atoms with Crippen molar-refractivity contribution in [3.63, 3.8) is 0 Å². The predicted octanol–water partition coefficient (Wildman–Crippen LogP) is 2.09. The molecule has 2 aliphatic heterocycles. The third-order valence-corrected chi connectivity index (χ3v) is 5.35. The lowest BCUT2D eigenvalue weighted by molar-refractivity contribution is -0.120. The summed E-state index contributed by atoms with van der Waals surface area (Å²) in [5.41, 5.74) is 0.145. The van der Waals surface area contributed by atoms with Gasteiger partial charge in [0.15, 0.2) is 0 Å². The van der Waals surface area contributed by atoms with Crippen LogP contribution >= 0.6 is 0 Å². The van der Waals surface area contributed by atoms with Crippen molar-refractivity contribution in [2.24, 2.45) is 11.8 Å². The molecule has 3 nitrogen and oxygen atoms in total. The van der Waals surface area contributed by atoms with Gasteiger partial charge in [0.2, 0.25) is 0 Å². The highest BCUT2D eigenvalue weighted by Gasteiger charge is 2.43. The summed E-state index contributed by atoms with van der Waals surface area (Å²) in [4.78, 5) is 0. The van der Waals surface area contributed by atoms with Gasteiger partial charge in [0.25, 0.3) is 0 Å². The van der Waals surface area contributed by atoms with E-state index in [1.807, 2.05) is 0 Å². The van der Waals surface area contributed by atoms with Crippen molar-refractivity contribution < 1.29 is 9.84 Å². The molecule has 3 rings (SSSR count). The lowest BCUT2D eigenvalue weighted by Gasteiger charge is -2.42. The summed E-state index contributed by atoms with van der Waals surface area (Å²) in [5.74, 6) is 0.946. The van der Waals surface area contributed by atoms with Crippen molar-refractivity contribution in [3.8, 4) is 0 Å². The Balaban J connectivity index is 1.60. The van der Waals surface area contributed by atoms with Gasteiger partial charge in [-0.25, -0.2) is 0 Å². The van der Waals surface area contributed by atoms with Crippen LogP contribution in [0.15, 0.2) is 0 Å². The number of hydrogen-bond donors (Lipinski definition) is 2. The van der Waals surface area contributed by atoms with Gasteiger partial charge < -0.3 is 15.2 Å². The van der Waals surface area contributed by atoms with Crippen molar-refractivity contribution in [1.82, 2.24) is 5.32 Å². The van der Waals surface area contributed by atoms with E-state index < -0.39 is 0 Å². The Bertz CT molecular complexity index is 270. The summed E-state index contributed by atoms with van der Waals surface area (Å²) >= 11 is 0. The Morgan fingerprint density at radius 3 is 2.67 bits per heavy atom. The van der Waals surface area contributed by atoms with E-state index in [9.17, 15) is 5.11 Å². The normalized spacial score (nSPS) is 37.8. The molecule has 1 aliphatic carbocycles. The van der Waals surface area contributed by atoms with Crippen LogP contribution in [0.2, 0.25) is 0 Å². The summed E-state index contributed by atoms with van der Waals surface area (Å²) in [6.07, 6.45) is 9.53. The Labute approximate surface area is 110 Å². The van der Waals surface area contributed by atoms with Crippen molar-refractivity contribution in [3.05, 3.63) is 0 Å². The molecular weight excluding hydrogens is 226 g/mol. The maximum Gasteiger partial charge on any atom is 0.0686 e. The third-order valence-electron chi connectivity index (χ3n) is 5.35. The number of piperidine rings is 1. The molecule has 3 fully saturated rings. The van der Waals surface area contributed by atoms with E-state index >= 15 is 0 Å². The van der Waals surface area contributed by atoms with E-state index in [1.165, 1.54) is 38.5 Å². The first-order chi connectivity index (χ1) is 8.79. The van der Waals surface area contributed by atoms with Gasteiger partial charge in [-0.2, -0.15) is 0 Å². The molecule has 18 heavy (non-hydrogen) atoms. The third kappa shape index (κ3) is 2.59. The van der Waals surface area contributed by atoms with E-state index in [2.05, 4.69) is 5.32 Å². The van der Waals surface area contributed by atoms with Gasteiger partial charge in [-0.1, -0.05) is 12.8 Å². The fourth-order valence-electron chi connectivity index (χ4n) is 4.28. The zero-order chi connectivity index (χ0) is 12.4. The Morgan fingerprint density at radius 2 is 1.94 bits per heavy atom. The van der Waals surface area contributed by atoms with Gasteiger partial charge in [0.1, 0.15) is 0 Å². The largest absolute Gasteiger partial charge is 0.392 e. The first kappa shape index (κ1) is 12.9. The number of aliphatic hydroxyl groups is 1. The second-order valence-electron chi connectivity index (χ2n) is 6.59. The first-order valence-electron chi connectivity index (χ1n) is 7.82. The van der Waals surface area contributed by atoms with Crippen molar-refractivity contribution in [1.29, 1.82) is 0 Å². The summed E-state index contributed by atoms with van der Waals surface area (Å²) in [6.45, 7) is 2.99. The van der Waals surface area contributed by atoms with Gasteiger partial charge in [0.05, 0.1) is 11.7 Å². The van der Waals surface area contributed by atoms with E-state index in [0.717, 1.165) is 32.5 Å². The Kier molecular flexibility index (Phi) is 3.92. The number of rotatable bonds is 2. The molecule has 1 spiro atoms. The number of ether oxygens (including phenoxy) is 1. The fourth-order valence-corrected chi connectivity index (χ4v) is 4.28. The average molecular weight is 253 g/mol. The molecular formula is C15H27NO2. The van der Waals surface area contributed by atoms with Gasteiger partial charge in [0, 0.05) is 13.2 Å². The molecule has 1 saturated carbocycles. The lowest BCUT2D eigenvalue weighted by atomic mass is 9.76. The molecule has 2 heterocycles. The van der Waals surface area contributed by atoms with E-state index in [-0.39, 0.29) is 11.7 Å². The van der Waals surface area contributed by atoms with Crippen LogP contribution in [0.25, 0.3) is 0 Å². The topological polar surface area (TPSA) is 41.5 Å². The summed E-state index contributed by atoms with van der Waals surface area (Å²) in [7, 11) is 0. The van der Waals surface area contributed by atoms with E-state index in [1.54, 1.807) is 0 Å². The standard InChI is InChI=1S/C15H27NO2/c17-14(13-4-3-8-16-11-13)12-5-9-18-15(10-12)6-1-2-7-15/h12-14,16-17H,1-11H2. The first-order valence-corrected chi connectivity index (χ1v) is 7.82. The maximum atomic E-state index is 10.6. The van der Waals surface area contributed by atoms with Gasteiger partial charge in [-0.3, -0.25) is 0 Å². The molecule has 0 aromatic heterocycles. The van der Waals surface area contributed by atoms with Crippen LogP contribution in [0.5, 0.6) is 0 Å². The number of nitrogens with one attached hydrogen (secondary N) is 1. The molecule has 0 radical (unpaired) electrons. The van der Waals surface area contributed by atoms with Crippen LogP contribution in [-0.4, -0.2) is 36.5 Å². The van der Waals surface area contributed by atoms with Gasteiger partial charge in [-0.15, -0.1) is 0 Å². The van der Waals surface area contributed by atoms with Crippen LogP contribution in [-0.2, 0) is 4.74 Å². The molecule has 2 saturated heterocycles. The summed E-state index contributed by atoms with van der Waals surface area (Å²) in [5, 5.41) is 14.1. The van der Waals surface area contributed by atoms with Crippen LogP contribution in [0, 0.1) is 11.8 Å². The molecule has 3 atom stereocenters. The van der Waals surface area contributed by atoms with E-state index in [4.69, 9.17) is 4.74 Å². The molecule has 0 amide bonds. The minimum Gasteiger partial charge on any atom is -0.392 e. The average Bonchev–Trinajstić information content (AvgIpc) is 2.87. The van der Waals surface area contributed by atoms with Crippen molar-refractivity contribution >= 4 is 0 Å². The second-order valence-corrected chi connectivity index (χ2v) is 6.59. The number of aliphatic hydroxyl groups excluding tert-OH is 1. The highest BCUT2D eigenvalue weighted by atomic mass is 16.5. The minimum absolute atomic E-state index is 0.112. The molecule has 3 aliphatic rings. The zero-order valence-electron chi connectivity index (χ0n) is 11.4. The molecule has 0 aromatic carbocycles. The SMILES string of the molecule is OC(C1CCCNC1)C1CCOC2(CCCC2)C1. The van der Waals surface area contributed by atoms with Gasteiger partial charge in [-0.05, 0) is 56.9 Å². The van der Waals surface area contributed by atoms with Gasteiger partial charge >= 0.3 is 0 Å². The quantitative estimate of drug-likeness (QED) is 0.792. The summed E-state index contributed by atoms with van der Waals surface area (Å²) in [6, 6.07) is 0. The molecule has 0 aromatic rings. The van der Waals surface area contributed by atoms with Crippen LogP contribution < -0.4 is 5.32 Å². The second kappa shape index (κ2) is 5.48. The molecule has 104 valence electrons. The van der Waals surface area contributed by atoms with Crippen LogP contribution in [0.3, 0.4) is 0 Å². The zero-order valence-corrected chi connectivity index (χ0v) is 11.4. The van der Waals surface area contributed by atoms with Crippen LogP contribution in [0.1, 0.15) is 51.4 Å². The van der Waals surface area contributed by atoms with E-state index in [0.29, 0.717) is 11.8 Å². The Morgan fingerprint density at radius 1 is 1.11 bits per heavy atom. The minimum atomic E-state index is -0.112. The molecule has 0 bridgehead atoms. The molecule has 3 unspecified atom stereocenters. The lowest BCUT2D eigenvalue weighted by Crippen LogP contribution is -2.46. The predicted molar refractivity (Wildman–Crippen MR) is 71.5 cm³/mol. The number of hydrogen-bond acceptors (Lipinski definition) is 3. The summed E-state index contributed by atoms with van der Waals surface area (Å²) < 4.78 is 6.07. The molecule has 3 heteroatoms. The molecule has 2 N–H and O–H groups in total. The van der Waals surface area contributed by atoms with Crippen molar-refractivity contribution in [2.75, 3.05) is 19.7 Å². The monoisotopic (exact) mass is 253 g/mol. The highest BCUT2D eigenvalue weighted by molar-refractivity contribution is 4.94. The smallest absolute Gasteiger partial charge is 0.0686 e.